The zero-order chi connectivity index (χ0) is 13.8. The number of H-pyrrole nitrogens is 1. The highest BCUT2D eigenvalue weighted by molar-refractivity contribution is 5.80. The normalized spacial score (nSPS) is 17.1. The van der Waals surface area contributed by atoms with Gasteiger partial charge >= 0.3 is 0 Å². The third-order valence-electron chi connectivity index (χ3n) is 3.52. The van der Waals surface area contributed by atoms with E-state index in [0.717, 1.165) is 17.9 Å². The van der Waals surface area contributed by atoms with Crippen molar-refractivity contribution in [1.29, 1.82) is 0 Å². The van der Waals surface area contributed by atoms with Crippen molar-refractivity contribution in [1.82, 2.24) is 20.5 Å². The summed E-state index contributed by atoms with van der Waals surface area (Å²) < 4.78 is 0. The van der Waals surface area contributed by atoms with Crippen LogP contribution in [0.15, 0.2) is 30.6 Å². The lowest BCUT2D eigenvalue weighted by Crippen LogP contribution is -2.39. The molecule has 0 aliphatic carbocycles. The fourth-order valence-corrected chi connectivity index (χ4v) is 2.43. The molecule has 1 aliphatic rings. The van der Waals surface area contributed by atoms with Crippen molar-refractivity contribution in [3.8, 4) is 0 Å². The molecule has 2 aromatic rings. The fraction of sp³-hybridized carbons (Fsp3) is 0.357. The number of amides is 1. The Balaban J connectivity index is 1.51. The van der Waals surface area contributed by atoms with Gasteiger partial charge in [0.05, 0.1) is 5.92 Å². The molecule has 0 radical (unpaired) electrons. The lowest BCUT2D eigenvalue weighted by molar-refractivity contribution is -0.124. The second-order valence-electron chi connectivity index (χ2n) is 4.91. The van der Waals surface area contributed by atoms with Crippen LogP contribution in [0, 0.1) is 5.92 Å². The summed E-state index contributed by atoms with van der Waals surface area (Å²) in [6.07, 6.45) is 2.93. The maximum atomic E-state index is 12.1. The summed E-state index contributed by atoms with van der Waals surface area (Å²) in [6, 6.07) is 8.12. The molecular formula is C14H17N5O. The molecule has 1 amide bonds. The van der Waals surface area contributed by atoms with Gasteiger partial charge in [-0.25, -0.2) is 4.98 Å². The number of anilines is 1. The number of hydrogen-bond acceptors (Lipinski definition) is 4. The largest absolute Gasteiger partial charge is 0.384 e. The van der Waals surface area contributed by atoms with E-state index in [9.17, 15) is 4.79 Å². The van der Waals surface area contributed by atoms with Gasteiger partial charge in [-0.2, -0.15) is 5.10 Å². The number of hydrogen-bond donors (Lipinski definition) is 3. The molecule has 0 saturated carbocycles. The van der Waals surface area contributed by atoms with E-state index in [0.29, 0.717) is 19.5 Å². The molecule has 2 heterocycles. The average Bonchev–Trinajstić information content (AvgIpc) is 3.00. The lowest BCUT2D eigenvalue weighted by atomic mass is 9.93. The zero-order valence-electron chi connectivity index (χ0n) is 11.1. The van der Waals surface area contributed by atoms with Crippen molar-refractivity contribution < 1.29 is 4.79 Å². The first-order valence-electron chi connectivity index (χ1n) is 6.76. The van der Waals surface area contributed by atoms with Crippen molar-refractivity contribution in [3.63, 3.8) is 0 Å². The van der Waals surface area contributed by atoms with Gasteiger partial charge in [-0.05, 0) is 18.1 Å². The molecule has 0 saturated heterocycles. The minimum Gasteiger partial charge on any atom is -0.384 e. The number of carbonyl (C=O) groups excluding carboxylic acids is 1. The fourth-order valence-electron chi connectivity index (χ4n) is 2.43. The number of carbonyl (C=O) groups is 1. The Hall–Kier alpha value is -2.37. The first-order valence-corrected chi connectivity index (χ1v) is 6.76. The summed E-state index contributed by atoms with van der Waals surface area (Å²) in [6.45, 7) is 1.26. The number of nitrogens with zero attached hydrogens (tertiary/aromatic N) is 2. The van der Waals surface area contributed by atoms with Crippen LogP contribution < -0.4 is 10.6 Å². The smallest absolute Gasteiger partial charge is 0.225 e. The van der Waals surface area contributed by atoms with Gasteiger partial charge in [0.2, 0.25) is 5.91 Å². The predicted octanol–water partition coefficient (Wildman–Crippen LogP) is 0.748. The van der Waals surface area contributed by atoms with Crippen LogP contribution in [0.1, 0.15) is 11.4 Å². The highest BCUT2D eigenvalue weighted by Crippen LogP contribution is 2.24. The molecule has 1 aliphatic heterocycles. The molecule has 104 valence electrons. The third-order valence-corrected chi connectivity index (χ3v) is 3.52. The molecule has 0 fully saturated rings. The second kappa shape index (κ2) is 5.73. The first kappa shape index (κ1) is 12.7. The first-order chi connectivity index (χ1) is 9.83. The monoisotopic (exact) mass is 271 g/mol. The van der Waals surface area contributed by atoms with Gasteiger partial charge in [0.1, 0.15) is 12.2 Å². The molecule has 0 spiro atoms. The van der Waals surface area contributed by atoms with Crippen molar-refractivity contribution >= 4 is 11.6 Å². The summed E-state index contributed by atoms with van der Waals surface area (Å²) >= 11 is 0. The van der Waals surface area contributed by atoms with Crippen LogP contribution in [0.3, 0.4) is 0 Å². The van der Waals surface area contributed by atoms with E-state index < -0.39 is 0 Å². The van der Waals surface area contributed by atoms with E-state index in [2.05, 4.69) is 31.9 Å². The van der Waals surface area contributed by atoms with Crippen LogP contribution in [-0.2, 0) is 17.6 Å². The summed E-state index contributed by atoms with van der Waals surface area (Å²) in [5.74, 6) is 0.864. The highest BCUT2D eigenvalue weighted by Gasteiger charge is 2.23. The quantitative estimate of drug-likeness (QED) is 0.766. The molecule has 6 nitrogen and oxygen atoms in total. The Bertz CT molecular complexity index is 581. The highest BCUT2D eigenvalue weighted by atomic mass is 16.1. The number of rotatable bonds is 4. The number of benzene rings is 1. The van der Waals surface area contributed by atoms with Crippen LogP contribution >= 0.6 is 0 Å². The number of para-hydroxylation sites is 1. The molecule has 1 atom stereocenters. The number of aromatic amines is 1. The summed E-state index contributed by atoms with van der Waals surface area (Å²) in [5.41, 5.74) is 2.34. The maximum Gasteiger partial charge on any atom is 0.225 e. The molecule has 20 heavy (non-hydrogen) atoms. The Kier molecular flexibility index (Phi) is 3.62. The Morgan fingerprint density at radius 1 is 1.40 bits per heavy atom. The summed E-state index contributed by atoms with van der Waals surface area (Å²) in [7, 11) is 0. The van der Waals surface area contributed by atoms with Crippen LogP contribution in [0.25, 0.3) is 0 Å². The molecule has 0 bridgehead atoms. The van der Waals surface area contributed by atoms with Gasteiger partial charge in [0.25, 0.3) is 0 Å². The Labute approximate surface area is 117 Å². The third kappa shape index (κ3) is 2.79. The van der Waals surface area contributed by atoms with Crippen molar-refractivity contribution in [2.45, 2.75) is 12.8 Å². The van der Waals surface area contributed by atoms with E-state index in [1.165, 1.54) is 11.9 Å². The van der Waals surface area contributed by atoms with E-state index in [-0.39, 0.29) is 11.8 Å². The number of fused-ring (bicyclic) bond motifs is 1. The zero-order valence-corrected chi connectivity index (χ0v) is 11.1. The predicted molar refractivity (Wildman–Crippen MR) is 75.2 cm³/mol. The van der Waals surface area contributed by atoms with Gasteiger partial charge in [-0.1, -0.05) is 18.2 Å². The topological polar surface area (TPSA) is 82.7 Å². The molecule has 1 aromatic carbocycles. The average molecular weight is 271 g/mol. The van der Waals surface area contributed by atoms with Gasteiger partial charge in [0, 0.05) is 25.2 Å². The van der Waals surface area contributed by atoms with Gasteiger partial charge < -0.3 is 10.6 Å². The van der Waals surface area contributed by atoms with Gasteiger partial charge in [0.15, 0.2) is 0 Å². The molecular weight excluding hydrogens is 254 g/mol. The maximum absolute atomic E-state index is 12.1. The number of nitrogens with one attached hydrogen (secondary N) is 3. The number of aromatic nitrogens is 3. The summed E-state index contributed by atoms with van der Waals surface area (Å²) in [5, 5.41) is 12.8. The molecule has 1 unspecified atom stereocenters. The van der Waals surface area contributed by atoms with E-state index in [1.807, 2.05) is 18.2 Å². The lowest BCUT2D eigenvalue weighted by Gasteiger charge is -2.25. The molecule has 3 rings (SSSR count). The van der Waals surface area contributed by atoms with Crippen LogP contribution in [-0.4, -0.2) is 34.2 Å². The standard InChI is InChI=1S/C14H17N5O/c20-14(15-6-5-13-17-9-18-19-13)11-7-10-3-1-2-4-12(10)16-8-11/h1-4,9,11,16H,5-8H2,(H,15,20)(H,17,18,19). The van der Waals surface area contributed by atoms with Gasteiger partial charge in [-0.3, -0.25) is 9.89 Å². The van der Waals surface area contributed by atoms with Crippen molar-refractivity contribution in [2.24, 2.45) is 5.92 Å². The summed E-state index contributed by atoms with van der Waals surface area (Å²) in [4.78, 5) is 16.2. The minimum atomic E-state index is -0.0142. The second-order valence-corrected chi connectivity index (χ2v) is 4.91. The molecule has 6 heteroatoms. The van der Waals surface area contributed by atoms with Crippen LogP contribution in [0.2, 0.25) is 0 Å². The van der Waals surface area contributed by atoms with E-state index in [4.69, 9.17) is 0 Å². The van der Waals surface area contributed by atoms with E-state index in [1.54, 1.807) is 0 Å². The Morgan fingerprint density at radius 2 is 2.30 bits per heavy atom. The van der Waals surface area contributed by atoms with Crippen LogP contribution in [0.4, 0.5) is 5.69 Å². The molecule has 3 N–H and O–H groups in total. The SMILES string of the molecule is O=C(NCCc1ncn[nH]1)C1CNc2ccccc2C1. The minimum absolute atomic E-state index is 0.0142. The molecule has 1 aromatic heterocycles. The van der Waals surface area contributed by atoms with Gasteiger partial charge in [-0.15, -0.1) is 0 Å². The van der Waals surface area contributed by atoms with Crippen LogP contribution in [0.5, 0.6) is 0 Å². The van der Waals surface area contributed by atoms with Crippen molar-refractivity contribution in [3.05, 3.63) is 42.0 Å². The van der Waals surface area contributed by atoms with E-state index >= 15 is 0 Å². The van der Waals surface area contributed by atoms with Crippen molar-refractivity contribution in [2.75, 3.05) is 18.4 Å². The Morgan fingerprint density at radius 3 is 3.15 bits per heavy atom.